The van der Waals surface area contributed by atoms with Crippen LogP contribution in [0, 0.1) is 11.8 Å². The summed E-state index contributed by atoms with van der Waals surface area (Å²) in [6.07, 6.45) is 9.92. The standard InChI is InChI=1S/C18H28N4O/c1-21(15-7-13-9-16(23)10-14(13)8-15)17-11-18(20-12-19-17)22-5-3-2-4-6-22/h11-16,23H,2-10H2,1H3/t13-,14+,15?,16?. The first kappa shape index (κ1) is 15.2. The summed E-state index contributed by atoms with van der Waals surface area (Å²) in [5.41, 5.74) is 0. The highest BCUT2D eigenvalue weighted by Crippen LogP contribution is 2.46. The van der Waals surface area contributed by atoms with Crippen molar-refractivity contribution in [1.82, 2.24) is 9.97 Å². The summed E-state index contributed by atoms with van der Waals surface area (Å²) >= 11 is 0. The van der Waals surface area contributed by atoms with Crippen LogP contribution in [0.3, 0.4) is 0 Å². The van der Waals surface area contributed by atoms with Crippen molar-refractivity contribution in [2.45, 2.75) is 57.1 Å². The first-order chi connectivity index (χ1) is 11.2. The average molecular weight is 316 g/mol. The Morgan fingerprint density at radius 3 is 2.43 bits per heavy atom. The minimum Gasteiger partial charge on any atom is -0.393 e. The lowest BCUT2D eigenvalue weighted by Crippen LogP contribution is -2.33. The van der Waals surface area contributed by atoms with E-state index in [1.807, 2.05) is 0 Å². The first-order valence-corrected chi connectivity index (χ1v) is 9.18. The minimum absolute atomic E-state index is 0.0546. The van der Waals surface area contributed by atoms with Crippen LogP contribution in [-0.4, -0.2) is 47.4 Å². The van der Waals surface area contributed by atoms with E-state index >= 15 is 0 Å². The SMILES string of the molecule is CN(c1cc(N2CCCCC2)ncn1)C1C[C@H]2CC(O)C[C@H]2C1. The van der Waals surface area contributed by atoms with Gasteiger partial charge in [0.25, 0.3) is 0 Å². The molecule has 1 N–H and O–H groups in total. The number of aliphatic hydroxyl groups excluding tert-OH is 1. The van der Waals surface area contributed by atoms with Gasteiger partial charge in [0.2, 0.25) is 0 Å². The third kappa shape index (κ3) is 3.03. The molecule has 1 aromatic heterocycles. The second kappa shape index (κ2) is 6.27. The number of anilines is 2. The summed E-state index contributed by atoms with van der Waals surface area (Å²) in [4.78, 5) is 13.8. The van der Waals surface area contributed by atoms with E-state index in [9.17, 15) is 5.11 Å². The maximum Gasteiger partial charge on any atom is 0.134 e. The lowest BCUT2D eigenvalue weighted by molar-refractivity contribution is 0.171. The van der Waals surface area contributed by atoms with Crippen molar-refractivity contribution in [2.75, 3.05) is 29.9 Å². The van der Waals surface area contributed by atoms with Crippen LogP contribution in [0.5, 0.6) is 0 Å². The number of nitrogens with zero attached hydrogens (tertiary/aromatic N) is 4. The largest absolute Gasteiger partial charge is 0.393 e. The fourth-order valence-corrected chi connectivity index (χ4v) is 4.88. The van der Waals surface area contributed by atoms with Gasteiger partial charge in [-0.3, -0.25) is 0 Å². The molecule has 3 aliphatic rings. The Labute approximate surface area is 138 Å². The quantitative estimate of drug-likeness (QED) is 0.928. The molecule has 0 radical (unpaired) electrons. The predicted octanol–water partition coefficient (Wildman–Crippen LogP) is 2.45. The lowest BCUT2D eigenvalue weighted by Gasteiger charge is -2.30. The summed E-state index contributed by atoms with van der Waals surface area (Å²) < 4.78 is 0. The molecule has 23 heavy (non-hydrogen) atoms. The van der Waals surface area contributed by atoms with Gasteiger partial charge in [0.05, 0.1) is 6.10 Å². The highest BCUT2D eigenvalue weighted by atomic mass is 16.3. The second-order valence-electron chi connectivity index (χ2n) is 7.66. The molecule has 1 saturated heterocycles. The summed E-state index contributed by atoms with van der Waals surface area (Å²) in [5.74, 6) is 3.54. The van der Waals surface area contributed by atoms with Crippen LogP contribution in [0.15, 0.2) is 12.4 Å². The fourth-order valence-electron chi connectivity index (χ4n) is 4.88. The van der Waals surface area contributed by atoms with Crippen molar-refractivity contribution in [3.63, 3.8) is 0 Å². The predicted molar refractivity (Wildman–Crippen MR) is 91.7 cm³/mol. The molecular weight excluding hydrogens is 288 g/mol. The maximum absolute atomic E-state index is 9.82. The number of hydrogen-bond donors (Lipinski definition) is 1. The number of piperidine rings is 1. The van der Waals surface area contributed by atoms with E-state index in [1.165, 1.54) is 32.1 Å². The molecule has 4 rings (SSSR count). The van der Waals surface area contributed by atoms with Gasteiger partial charge in [-0.2, -0.15) is 0 Å². The third-order valence-electron chi connectivity index (χ3n) is 6.19. The van der Waals surface area contributed by atoms with Crippen LogP contribution < -0.4 is 9.80 Å². The molecule has 0 aromatic carbocycles. The zero-order chi connectivity index (χ0) is 15.8. The Bertz CT molecular complexity index is 532. The Morgan fingerprint density at radius 1 is 1.04 bits per heavy atom. The third-order valence-corrected chi connectivity index (χ3v) is 6.19. The van der Waals surface area contributed by atoms with E-state index in [-0.39, 0.29) is 6.10 Å². The molecule has 126 valence electrons. The van der Waals surface area contributed by atoms with Crippen molar-refractivity contribution in [3.05, 3.63) is 12.4 Å². The summed E-state index contributed by atoms with van der Waals surface area (Å²) in [6, 6.07) is 2.72. The highest BCUT2D eigenvalue weighted by molar-refractivity contribution is 5.50. The summed E-state index contributed by atoms with van der Waals surface area (Å²) in [7, 11) is 2.17. The van der Waals surface area contributed by atoms with Crippen molar-refractivity contribution in [3.8, 4) is 0 Å². The Balaban J connectivity index is 1.45. The van der Waals surface area contributed by atoms with E-state index in [0.717, 1.165) is 37.6 Å². The molecule has 0 bridgehead atoms. The monoisotopic (exact) mass is 316 g/mol. The summed E-state index contributed by atoms with van der Waals surface area (Å²) in [5, 5.41) is 9.82. The molecule has 5 heteroatoms. The topological polar surface area (TPSA) is 52.5 Å². The van der Waals surface area contributed by atoms with Crippen LogP contribution in [0.2, 0.25) is 0 Å². The van der Waals surface area contributed by atoms with E-state index in [2.05, 4.69) is 32.9 Å². The minimum atomic E-state index is -0.0546. The van der Waals surface area contributed by atoms with Crippen LogP contribution in [0.4, 0.5) is 11.6 Å². The van der Waals surface area contributed by atoms with Gasteiger partial charge in [0.15, 0.2) is 0 Å². The molecule has 5 nitrogen and oxygen atoms in total. The number of hydrogen-bond acceptors (Lipinski definition) is 5. The number of fused-ring (bicyclic) bond motifs is 1. The summed E-state index contributed by atoms with van der Waals surface area (Å²) in [6.45, 7) is 2.23. The molecule has 1 aromatic rings. The van der Waals surface area contributed by atoms with Crippen molar-refractivity contribution in [1.29, 1.82) is 0 Å². The highest BCUT2D eigenvalue weighted by Gasteiger charge is 2.42. The van der Waals surface area contributed by atoms with E-state index in [0.29, 0.717) is 17.9 Å². The molecule has 0 spiro atoms. The van der Waals surface area contributed by atoms with Crippen LogP contribution in [0.1, 0.15) is 44.9 Å². The van der Waals surface area contributed by atoms with Crippen LogP contribution in [0.25, 0.3) is 0 Å². The average Bonchev–Trinajstić information content (AvgIpc) is 3.12. The number of aromatic nitrogens is 2. The molecule has 2 unspecified atom stereocenters. The smallest absolute Gasteiger partial charge is 0.134 e. The zero-order valence-electron chi connectivity index (χ0n) is 14.1. The molecule has 2 heterocycles. The van der Waals surface area contributed by atoms with Crippen LogP contribution >= 0.6 is 0 Å². The number of rotatable bonds is 3. The van der Waals surface area contributed by atoms with Crippen molar-refractivity contribution in [2.24, 2.45) is 11.8 Å². The van der Waals surface area contributed by atoms with Crippen LogP contribution in [-0.2, 0) is 0 Å². The second-order valence-corrected chi connectivity index (χ2v) is 7.66. The molecule has 3 fully saturated rings. The van der Waals surface area contributed by atoms with Gasteiger partial charge in [-0.05, 0) is 56.8 Å². The molecular formula is C18H28N4O. The van der Waals surface area contributed by atoms with E-state index < -0.39 is 0 Å². The van der Waals surface area contributed by atoms with Gasteiger partial charge in [0, 0.05) is 32.2 Å². The first-order valence-electron chi connectivity index (χ1n) is 9.18. The molecule has 2 saturated carbocycles. The van der Waals surface area contributed by atoms with Gasteiger partial charge in [0.1, 0.15) is 18.0 Å². The normalized spacial score (nSPS) is 33.7. The lowest BCUT2D eigenvalue weighted by atomic mass is 10.0. The molecule has 2 aliphatic carbocycles. The van der Waals surface area contributed by atoms with Gasteiger partial charge in [-0.15, -0.1) is 0 Å². The molecule has 0 amide bonds. The zero-order valence-corrected chi connectivity index (χ0v) is 14.1. The van der Waals surface area contributed by atoms with Crippen molar-refractivity contribution >= 4 is 11.6 Å². The molecule has 4 atom stereocenters. The number of aliphatic hydroxyl groups is 1. The van der Waals surface area contributed by atoms with Crippen molar-refractivity contribution < 1.29 is 5.11 Å². The maximum atomic E-state index is 9.82. The van der Waals surface area contributed by atoms with Gasteiger partial charge < -0.3 is 14.9 Å². The van der Waals surface area contributed by atoms with Gasteiger partial charge in [-0.25, -0.2) is 9.97 Å². The van der Waals surface area contributed by atoms with Gasteiger partial charge >= 0.3 is 0 Å². The Kier molecular flexibility index (Phi) is 4.14. The van der Waals surface area contributed by atoms with E-state index in [4.69, 9.17) is 0 Å². The molecule has 1 aliphatic heterocycles. The van der Waals surface area contributed by atoms with Gasteiger partial charge in [-0.1, -0.05) is 0 Å². The Morgan fingerprint density at radius 2 is 1.74 bits per heavy atom. The Hall–Kier alpha value is -1.36. The van der Waals surface area contributed by atoms with E-state index in [1.54, 1.807) is 6.33 Å². The fraction of sp³-hybridized carbons (Fsp3) is 0.778.